The monoisotopic (exact) mass is 349 g/mol. The predicted molar refractivity (Wildman–Crippen MR) is 60.9 cm³/mol. The van der Waals surface area contributed by atoms with E-state index in [4.69, 9.17) is 0 Å². The molecular formula is C14H21Cl2Zr. The van der Waals surface area contributed by atoms with Gasteiger partial charge in [-0.3, -0.25) is 6.08 Å². The van der Waals surface area contributed by atoms with Crippen molar-refractivity contribution in [3.63, 3.8) is 0 Å². The largest absolute Gasteiger partial charge is 3.00 e. The molecule has 2 aliphatic carbocycles. The van der Waals surface area contributed by atoms with Crippen LogP contribution in [0.25, 0.3) is 0 Å². The van der Waals surface area contributed by atoms with Gasteiger partial charge in [0.1, 0.15) is 0 Å². The number of hydrogen-bond acceptors (Lipinski definition) is 0. The SMILES string of the molecule is CC(C)(C)C1(C2=[C-]CC=C2)CCCC1.[Cl-].[Cl-].[Zr+3]. The molecule has 3 heteroatoms. The van der Waals surface area contributed by atoms with E-state index in [-0.39, 0.29) is 51.0 Å². The Morgan fingerprint density at radius 2 is 1.65 bits per heavy atom. The molecule has 0 spiro atoms. The van der Waals surface area contributed by atoms with Gasteiger partial charge in [-0.1, -0.05) is 33.6 Å². The molecule has 0 unspecified atom stereocenters. The fourth-order valence-electron chi connectivity index (χ4n) is 3.14. The summed E-state index contributed by atoms with van der Waals surface area (Å²) in [6.45, 7) is 7.16. The molecule has 0 saturated heterocycles. The molecule has 17 heavy (non-hydrogen) atoms. The zero-order chi connectivity index (χ0) is 10.2. The Morgan fingerprint density at radius 3 is 2.00 bits per heavy atom. The second-order valence-electron chi connectivity index (χ2n) is 5.74. The van der Waals surface area contributed by atoms with Crippen molar-refractivity contribution in [1.29, 1.82) is 0 Å². The van der Waals surface area contributed by atoms with Gasteiger partial charge in [-0.05, 0) is 23.7 Å². The fraction of sp³-hybridized carbons (Fsp3) is 0.714. The van der Waals surface area contributed by atoms with E-state index in [0.29, 0.717) is 10.8 Å². The Hall–Kier alpha value is 0.943. The van der Waals surface area contributed by atoms with E-state index in [0.717, 1.165) is 6.42 Å². The quantitative estimate of drug-likeness (QED) is 0.494. The molecule has 0 heterocycles. The van der Waals surface area contributed by atoms with Crippen LogP contribution in [0, 0.1) is 16.9 Å². The molecule has 0 aromatic heterocycles. The maximum absolute atomic E-state index is 3.55. The summed E-state index contributed by atoms with van der Waals surface area (Å²) in [7, 11) is 0. The van der Waals surface area contributed by atoms with Crippen molar-refractivity contribution in [3.05, 3.63) is 23.8 Å². The molecule has 0 N–H and O–H groups in total. The van der Waals surface area contributed by atoms with Crippen LogP contribution in [0.15, 0.2) is 17.7 Å². The van der Waals surface area contributed by atoms with Crippen molar-refractivity contribution in [3.8, 4) is 0 Å². The number of rotatable bonds is 1. The van der Waals surface area contributed by atoms with Gasteiger partial charge >= 0.3 is 26.2 Å². The maximum atomic E-state index is 3.55. The summed E-state index contributed by atoms with van der Waals surface area (Å²) in [6.07, 6.45) is 14.7. The fourth-order valence-corrected chi connectivity index (χ4v) is 3.14. The standard InChI is InChI=1S/C14H21.2ClH.Zr/c1-13(2,3)14(10-6-7-11-14)12-8-4-5-9-12;;;/h4,8H,5-7,10-11H2,1-3H3;2*1H;/q-1;;;+3/p-2. The summed E-state index contributed by atoms with van der Waals surface area (Å²) < 4.78 is 0. The summed E-state index contributed by atoms with van der Waals surface area (Å²) in [4.78, 5) is 0. The summed E-state index contributed by atoms with van der Waals surface area (Å²) in [5, 5.41) is 0. The molecule has 0 aromatic carbocycles. The molecule has 2 aliphatic rings. The second kappa shape index (κ2) is 7.51. The van der Waals surface area contributed by atoms with Gasteiger partial charge in [0.15, 0.2) is 0 Å². The first-order valence-corrected chi connectivity index (χ1v) is 5.84. The summed E-state index contributed by atoms with van der Waals surface area (Å²) >= 11 is 0. The molecule has 1 radical (unpaired) electrons. The van der Waals surface area contributed by atoms with Crippen LogP contribution in [0.2, 0.25) is 0 Å². The maximum Gasteiger partial charge on any atom is 3.00 e. The van der Waals surface area contributed by atoms with Crippen LogP contribution in [0.4, 0.5) is 0 Å². The van der Waals surface area contributed by atoms with Gasteiger partial charge in [0, 0.05) is 0 Å². The average molecular weight is 351 g/mol. The van der Waals surface area contributed by atoms with Crippen LogP contribution in [-0.2, 0) is 26.2 Å². The Morgan fingerprint density at radius 1 is 1.12 bits per heavy atom. The Kier molecular flexibility index (Phi) is 8.96. The third-order valence-corrected chi connectivity index (χ3v) is 4.10. The van der Waals surface area contributed by atoms with Gasteiger partial charge < -0.3 is 24.8 Å². The minimum Gasteiger partial charge on any atom is -1.00 e. The van der Waals surface area contributed by atoms with Gasteiger partial charge in [0.25, 0.3) is 0 Å². The molecule has 0 aliphatic heterocycles. The van der Waals surface area contributed by atoms with Gasteiger partial charge in [0.2, 0.25) is 0 Å². The van der Waals surface area contributed by atoms with Gasteiger partial charge in [-0.15, -0.1) is 6.42 Å². The average Bonchev–Trinajstić information content (AvgIpc) is 2.74. The van der Waals surface area contributed by atoms with Crippen molar-refractivity contribution in [2.75, 3.05) is 0 Å². The van der Waals surface area contributed by atoms with Crippen LogP contribution in [0.3, 0.4) is 0 Å². The molecule has 0 atom stereocenters. The summed E-state index contributed by atoms with van der Waals surface area (Å²) in [6, 6.07) is 0. The predicted octanol–water partition coefficient (Wildman–Crippen LogP) is -1.71. The van der Waals surface area contributed by atoms with E-state index >= 15 is 0 Å². The molecule has 1 saturated carbocycles. The van der Waals surface area contributed by atoms with E-state index in [9.17, 15) is 0 Å². The van der Waals surface area contributed by atoms with E-state index in [2.05, 4.69) is 39.0 Å². The Labute approximate surface area is 138 Å². The minimum atomic E-state index is 0. The number of halogens is 2. The van der Waals surface area contributed by atoms with Crippen molar-refractivity contribution >= 4 is 0 Å². The molecule has 2 rings (SSSR count). The van der Waals surface area contributed by atoms with Crippen LogP contribution in [0.1, 0.15) is 52.9 Å². The molecule has 95 valence electrons. The Bertz CT molecular complexity index is 281. The Balaban J connectivity index is 0. The molecule has 0 nitrogen and oxygen atoms in total. The van der Waals surface area contributed by atoms with Crippen LogP contribution in [0.5, 0.6) is 0 Å². The second-order valence-corrected chi connectivity index (χ2v) is 5.74. The van der Waals surface area contributed by atoms with Crippen LogP contribution in [-0.4, -0.2) is 0 Å². The third-order valence-electron chi connectivity index (χ3n) is 4.10. The van der Waals surface area contributed by atoms with Crippen molar-refractivity contribution in [2.24, 2.45) is 10.8 Å². The van der Waals surface area contributed by atoms with Crippen molar-refractivity contribution in [1.82, 2.24) is 0 Å². The van der Waals surface area contributed by atoms with Gasteiger partial charge in [0.05, 0.1) is 0 Å². The molecule has 0 bridgehead atoms. The molecule has 0 amide bonds. The molecular weight excluding hydrogens is 330 g/mol. The zero-order valence-electron chi connectivity index (χ0n) is 10.9. The first kappa shape index (κ1) is 20.3. The minimum absolute atomic E-state index is 0. The van der Waals surface area contributed by atoms with E-state index < -0.39 is 0 Å². The molecule has 1 fully saturated rings. The van der Waals surface area contributed by atoms with E-state index in [1.165, 1.54) is 31.3 Å². The smallest absolute Gasteiger partial charge is 1.00 e. The zero-order valence-corrected chi connectivity index (χ0v) is 14.9. The number of hydrogen-bond donors (Lipinski definition) is 0. The topological polar surface area (TPSA) is 0 Å². The molecule has 0 aromatic rings. The first-order valence-electron chi connectivity index (χ1n) is 5.84. The summed E-state index contributed by atoms with van der Waals surface area (Å²) in [5.74, 6) is 0. The van der Waals surface area contributed by atoms with E-state index in [1.54, 1.807) is 0 Å². The van der Waals surface area contributed by atoms with E-state index in [1.807, 2.05) is 0 Å². The summed E-state index contributed by atoms with van der Waals surface area (Å²) in [5.41, 5.74) is 2.32. The van der Waals surface area contributed by atoms with Crippen molar-refractivity contribution in [2.45, 2.75) is 52.9 Å². The third kappa shape index (κ3) is 3.71. The van der Waals surface area contributed by atoms with Crippen LogP contribution < -0.4 is 24.8 Å². The normalized spacial score (nSPS) is 21.0. The first-order chi connectivity index (χ1) is 6.56. The van der Waals surface area contributed by atoms with Crippen molar-refractivity contribution < 1.29 is 51.0 Å². The van der Waals surface area contributed by atoms with Gasteiger partial charge in [-0.25, -0.2) is 11.6 Å². The van der Waals surface area contributed by atoms with Crippen LogP contribution >= 0.6 is 0 Å². The number of allylic oxidation sites excluding steroid dienone is 4. The van der Waals surface area contributed by atoms with Gasteiger partial charge in [-0.2, -0.15) is 6.08 Å².